The molecule has 1 aliphatic heterocycles. The van der Waals surface area contributed by atoms with Crippen LogP contribution in [0.3, 0.4) is 0 Å². The van der Waals surface area contributed by atoms with E-state index in [2.05, 4.69) is 5.32 Å². The minimum Gasteiger partial charge on any atom is -0.480 e. The van der Waals surface area contributed by atoms with Gasteiger partial charge in [0, 0.05) is 6.04 Å². The third-order valence-corrected chi connectivity index (χ3v) is 4.16. The van der Waals surface area contributed by atoms with Gasteiger partial charge in [0.25, 0.3) is 0 Å². The second kappa shape index (κ2) is 5.69. The summed E-state index contributed by atoms with van der Waals surface area (Å²) in [6.07, 6.45) is 5.98. The van der Waals surface area contributed by atoms with E-state index in [0.717, 1.165) is 19.3 Å². The Hall–Kier alpha value is -1.10. The molecule has 0 aromatic heterocycles. The maximum atomic E-state index is 12.1. The summed E-state index contributed by atoms with van der Waals surface area (Å²) in [7, 11) is 0. The fourth-order valence-corrected chi connectivity index (χ4v) is 3.06. The van der Waals surface area contributed by atoms with E-state index in [1.807, 2.05) is 11.8 Å². The number of carbonyl (C=O) groups excluding carboxylic acids is 1. The van der Waals surface area contributed by atoms with Crippen LogP contribution in [0.5, 0.6) is 0 Å². The van der Waals surface area contributed by atoms with Gasteiger partial charge in [0.2, 0.25) is 5.91 Å². The summed E-state index contributed by atoms with van der Waals surface area (Å²) in [4.78, 5) is 25.0. The Morgan fingerprint density at radius 1 is 1.22 bits per heavy atom. The molecule has 1 aliphatic carbocycles. The number of nitrogens with one attached hydrogen (secondary N) is 1. The summed E-state index contributed by atoms with van der Waals surface area (Å²) in [5.41, 5.74) is 0. The Balaban J connectivity index is 1.90. The number of rotatable bonds is 4. The first kappa shape index (κ1) is 13.3. The molecule has 2 unspecified atom stereocenters. The molecule has 102 valence electrons. The van der Waals surface area contributed by atoms with Gasteiger partial charge in [-0.2, -0.15) is 0 Å². The van der Waals surface area contributed by atoms with Gasteiger partial charge in [-0.25, -0.2) is 0 Å². The number of aliphatic carboxylic acids is 1. The molecule has 1 saturated heterocycles. The summed E-state index contributed by atoms with van der Waals surface area (Å²) >= 11 is 0. The first-order chi connectivity index (χ1) is 8.59. The molecule has 0 radical (unpaired) electrons. The van der Waals surface area contributed by atoms with Gasteiger partial charge in [0.05, 0.1) is 6.04 Å². The number of carbonyl (C=O) groups is 2. The SMILES string of the molecule is CC(C(=O)NC1CCCC1)N1CCCC1C(=O)O. The Morgan fingerprint density at radius 3 is 2.50 bits per heavy atom. The van der Waals surface area contributed by atoms with Gasteiger partial charge >= 0.3 is 5.97 Å². The first-order valence-corrected chi connectivity index (χ1v) is 6.88. The lowest BCUT2D eigenvalue weighted by Gasteiger charge is -2.28. The molecule has 0 aromatic rings. The van der Waals surface area contributed by atoms with Crippen molar-refractivity contribution in [3.05, 3.63) is 0 Å². The summed E-state index contributed by atoms with van der Waals surface area (Å²) in [5, 5.41) is 12.2. The van der Waals surface area contributed by atoms with Crippen molar-refractivity contribution in [2.45, 2.75) is 63.6 Å². The lowest BCUT2D eigenvalue weighted by molar-refractivity contribution is -0.143. The van der Waals surface area contributed by atoms with E-state index in [1.165, 1.54) is 12.8 Å². The zero-order valence-electron chi connectivity index (χ0n) is 10.9. The number of hydrogen-bond acceptors (Lipinski definition) is 3. The van der Waals surface area contributed by atoms with Gasteiger partial charge in [-0.05, 0) is 39.2 Å². The minimum absolute atomic E-state index is 0.0185. The molecule has 18 heavy (non-hydrogen) atoms. The molecule has 1 heterocycles. The molecular formula is C13H22N2O3. The lowest BCUT2D eigenvalue weighted by atomic mass is 10.1. The normalized spacial score (nSPS) is 27.3. The van der Waals surface area contributed by atoms with E-state index in [1.54, 1.807) is 0 Å². The second-order valence-corrected chi connectivity index (χ2v) is 5.40. The van der Waals surface area contributed by atoms with Crippen LogP contribution < -0.4 is 5.32 Å². The highest BCUT2D eigenvalue weighted by atomic mass is 16.4. The molecule has 2 aliphatic rings. The summed E-state index contributed by atoms with van der Waals surface area (Å²) in [5.74, 6) is -0.830. The van der Waals surface area contributed by atoms with Crippen molar-refractivity contribution in [1.82, 2.24) is 10.2 Å². The Bertz CT molecular complexity index is 326. The standard InChI is InChI=1S/C13H22N2O3/c1-9(12(16)14-10-5-2-3-6-10)15-8-4-7-11(15)13(17)18/h9-11H,2-8H2,1H3,(H,14,16)(H,17,18). The van der Waals surface area contributed by atoms with Crippen molar-refractivity contribution in [1.29, 1.82) is 0 Å². The molecule has 5 nitrogen and oxygen atoms in total. The van der Waals surface area contributed by atoms with Crippen molar-refractivity contribution >= 4 is 11.9 Å². The van der Waals surface area contributed by atoms with Crippen molar-refractivity contribution in [3.8, 4) is 0 Å². The van der Waals surface area contributed by atoms with Crippen LogP contribution in [0.1, 0.15) is 45.4 Å². The van der Waals surface area contributed by atoms with Crippen LogP contribution in [0.2, 0.25) is 0 Å². The molecule has 2 atom stereocenters. The van der Waals surface area contributed by atoms with E-state index in [-0.39, 0.29) is 11.9 Å². The van der Waals surface area contributed by atoms with Crippen LogP contribution in [0.4, 0.5) is 0 Å². The largest absolute Gasteiger partial charge is 0.480 e. The Morgan fingerprint density at radius 2 is 1.89 bits per heavy atom. The maximum Gasteiger partial charge on any atom is 0.320 e. The van der Waals surface area contributed by atoms with E-state index >= 15 is 0 Å². The number of amides is 1. The van der Waals surface area contributed by atoms with E-state index < -0.39 is 12.0 Å². The fraction of sp³-hybridized carbons (Fsp3) is 0.846. The molecule has 0 aromatic carbocycles. The molecule has 2 N–H and O–H groups in total. The molecule has 0 spiro atoms. The predicted molar refractivity (Wildman–Crippen MR) is 67.2 cm³/mol. The van der Waals surface area contributed by atoms with Crippen molar-refractivity contribution in [2.75, 3.05) is 6.54 Å². The first-order valence-electron chi connectivity index (χ1n) is 6.88. The second-order valence-electron chi connectivity index (χ2n) is 5.40. The highest BCUT2D eigenvalue weighted by molar-refractivity contribution is 5.83. The average Bonchev–Trinajstić information content (AvgIpc) is 2.97. The number of hydrogen-bond donors (Lipinski definition) is 2. The molecule has 5 heteroatoms. The molecule has 1 saturated carbocycles. The van der Waals surface area contributed by atoms with Gasteiger partial charge in [-0.15, -0.1) is 0 Å². The van der Waals surface area contributed by atoms with E-state index in [0.29, 0.717) is 19.0 Å². The van der Waals surface area contributed by atoms with Gasteiger partial charge in [-0.1, -0.05) is 12.8 Å². The highest BCUT2D eigenvalue weighted by Crippen LogP contribution is 2.22. The lowest BCUT2D eigenvalue weighted by Crippen LogP contribution is -2.51. The average molecular weight is 254 g/mol. The van der Waals surface area contributed by atoms with Crippen molar-refractivity contribution in [3.63, 3.8) is 0 Å². The topological polar surface area (TPSA) is 69.6 Å². The summed E-state index contributed by atoms with van der Waals surface area (Å²) in [6, 6.07) is -0.533. The van der Waals surface area contributed by atoms with E-state index in [9.17, 15) is 9.59 Å². The predicted octanol–water partition coefficient (Wildman–Crippen LogP) is 0.983. The summed E-state index contributed by atoms with van der Waals surface area (Å²) < 4.78 is 0. The number of carboxylic acids is 1. The molecule has 0 bridgehead atoms. The molecule has 2 fully saturated rings. The highest BCUT2D eigenvalue weighted by Gasteiger charge is 2.36. The van der Waals surface area contributed by atoms with Crippen LogP contribution >= 0.6 is 0 Å². The zero-order valence-corrected chi connectivity index (χ0v) is 10.9. The van der Waals surface area contributed by atoms with Crippen LogP contribution in [0.15, 0.2) is 0 Å². The Kier molecular flexibility index (Phi) is 4.22. The zero-order chi connectivity index (χ0) is 13.1. The maximum absolute atomic E-state index is 12.1. The van der Waals surface area contributed by atoms with Crippen LogP contribution in [0, 0.1) is 0 Å². The smallest absolute Gasteiger partial charge is 0.320 e. The van der Waals surface area contributed by atoms with Gasteiger partial charge in [-0.3, -0.25) is 14.5 Å². The van der Waals surface area contributed by atoms with Crippen LogP contribution in [0.25, 0.3) is 0 Å². The quantitative estimate of drug-likeness (QED) is 0.784. The number of carboxylic acid groups (broad SMARTS) is 1. The third-order valence-electron chi connectivity index (χ3n) is 4.16. The minimum atomic E-state index is -0.812. The van der Waals surface area contributed by atoms with Crippen LogP contribution in [-0.2, 0) is 9.59 Å². The van der Waals surface area contributed by atoms with Crippen molar-refractivity contribution < 1.29 is 14.7 Å². The fourth-order valence-electron chi connectivity index (χ4n) is 3.06. The summed E-state index contributed by atoms with van der Waals surface area (Å²) in [6.45, 7) is 2.52. The molecule has 2 rings (SSSR count). The van der Waals surface area contributed by atoms with Gasteiger partial charge in [0.1, 0.15) is 6.04 Å². The molecular weight excluding hydrogens is 232 g/mol. The third kappa shape index (κ3) is 2.83. The molecule has 1 amide bonds. The van der Waals surface area contributed by atoms with Crippen LogP contribution in [-0.4, -0.2) is 46.6 Å². The Labute approximate surface area is 108 Å². The van der Waals surface area contributed by atoms with Gasteiger partial charge < -0.3 is 10.4 Å². The monoisotopic (exact) mass is 254 g/mol. The number of likely N-dealkylation sites (tertiary alicyclic amines) is 1. The van der Waals surface area contributed by atoms with Gasteiger partial charge in [0.15, 0.2) is 0 Å². The van der Waals surface area contributed by atoms with Crippen molar-refractivity contribution in [2.24, 2.45) is 0 Å². The van der Waals surface area contributed by atoms with E-state index in [4.69, 9.17) is 5.11 Å². The number of nitrogens with zero attached hydrogens (tertiary/aromatic N) is 1.